The summed E-state index contributed by atoms with van der Waals surface area (Å²) in [6.07, 6.45) is 1.50. The predicted octanol–water partition coefficient (Wildman–Crippen LogP) is 4.41. The number of nitrogens with zero attached hydrogens (tertiary/aromatic N) is 2. The molecule has 0 saturated carbocycles. The van der Waals surface area contributed by atoms with Crippen LogP contribution in [0.25, 0.3) is 0 Å². The summed E-state index contributed by atoms with van der Waals surface area (Å²) in [5.41, 5.74) is 3.04. The van der Waals surface area contributed by atoms with Crippen molar-refractivity contribution in [3.8, 4) is 5.75 Å². The third-order valence-electron chi connectivity index (χ3n) is 3.36. The van der Waals surface area contributed by atoms with Crippen LogP contribution in [0.1, 0.15) is 16.8 Å². The molecule has 1 aromatic heterocycles. The van der Waals surface area contributed by atoms with E-state index in [1.807, 2.05) is 48.5 Å². The lowest BCUT2D eigenvalue weighted by molar-refractivity contribution is 0.213. The van der Waals surface area contributed by atoms with Crippen LogP contribution >= 0.6 is 15.9 Å². The number of halogens is 1. The van der Waals surface area contributed by atoms with Crippen LogP contribution in [0.4, 0.5) is 0 Å². The van der Waals surface area contributed by atoms with E-state index in [2.05, 4.69) is 26.2 Å². The van der Waals surface area contributed by atoms with Gasteiger partial charge in [-0.1, -0.05) is 46.7 Å². The topological polar surface area (TPSA) is 56.9 Å². The monoisotopic (exact) mass is 386 g/mol. The van der Waals surface area contributed by atoms with Crippen LogP contribution in [0.5, 0.6) is 5.75 Å². The van der Waals surface area contributed by atoms with Crippen LogP contribution in [-0.4, -0.2) is 18.0 Å². The lowest BCUT2D eigenvalue weighted by atomic mass is 10.0. The molecule has 1 heterocycles. The molecule has 0 radical (unpaired) electrons. The van der Waals surface area contributed by atoms with Gasteiger partial charge >= 0.3 is 0 Å². The Morgan fingerprint density at radius 1 is 1.12 bits per heavy atom. The first-order chi connectivity index (χ1) is 11.8. The highest BCUT2D eigenvalue weighted by Crippen LogP contribution is 2.25. The Labute approximate surface area is 148 Å². The molecule has 0 saturated heterocycles. The maximum Gasteiger partial charge on any atom is 0.139 e. The molecule has 122 valence electrons. The van der Waals surface area contributed by atoms with Gasteiger partial charge in [-0.25, -0.2) is 0 Å². The van der Waals surface area contributed by atoms with Crippen molar-refractivity contribution in [3.05, 3.63) is 82.2 Å². The molecule has 0 fully saturated rings. The molecule has 0 atom stereocenters. The second kappa shape index (κ2) is 7.79. The zero-order valence-corrected chi connectivity index (χ0v) is 14.6. The molecule has 5 nitrogen and oxygen atoms in total. The Kier molecular flexibility index (Phi) is 5.28. The Balaban J connectivity index is 1.90. The molecule has 0 amide bonds. The first kappa shape index (κ1) is 16.3. The van der Waals surface area contributed by atoms with E-state index in [1.165, 1.54) is 13.4 Å². The van der Waals surface area contributed by atoms with E-state index in [1.54, 1.807) is 6.07 Å². The van der Waals surface area contributed by atoms with Gasteiger partial charge in [0.25, 0.3) is 0 Å². The lowest BCUT2D eigenvalue weighted by Crippen LogP contribution is -2.10. The van der Waals surface area contributed by atoms with Crippen molar-refractivity contribution < 1.29 is 14.1 Å². The van der Waals surface area contributed by atoms with E-state index in [0.29, 0.717) is 18.0 Å². The van der Waals surface area contributed by atoms with E-state index in [4.69, 9.17) is 14.1 Å². The fourth-order valence-electron chi connectivity index (χ4n) is 2.25. The van der Waals surface area contributed by atoms with E-state index < -0.39 is 0 Å². The number of hydrogen-bond donors (Lipinski definition) is 0. The van der Waals surface area contributed by atoms with Crippen molar-refractivity contribution in [3.63, 3.8) is 0 Å². The highest BCUT2D eigenvalue weighted by Gasteiger charge is 2.15. The molecule has 0 aliphatic rings. The van der Waals surface area contributed by atoms with Crippen LogP contribution in [0, 0.1) is 0 Å². The summed E-state index contributed by atoms with van der Waals surface area (Å²) in [4.78, 5) is 4.98. The Hall–Kier alpha value is -2.60. The van der Waals surface area contributed by atoms with Gasteiger partial charge in [-0.3, -0.25) is 0 Å². The third-order valence-corrected chi connectivity index (χ3v) is 4.01. The predicted molar refractivity (Wildman–Crippen MR) is 94.1 cm³/mol. The molecular formula is C18H15BrN2O3. The van der Waals surface area contributed by atoms with Crippen molar-refractivity contribution >= 4 is 21.6 Å². The van der Waals surface area contributed by atoms with Gasteiger partial charge in [0.05, 0.1) is 4.47 Å². The van der Waals surface area contributed by atoms with Crippen molar-refractivity contribution in [1.82, 2.24) is 5.16 Å². The first-order valence-corrected chi connectivity index (χ1v) is 8.06. The largest absolute Gasteiger partial charge is 0.488 e. The Morgan fingerprint density at radius 2 is 1.92 bits per heavy atom. The van der Waals surface area contributed by atoms with Gasteiger partial charge < -0.3 is 14.1 Å². The minimum Gasteiger partial charge on any atom is -0.488 e. The van der Waals surface area contributed by atoms with Gasteiger partial charge in [0.1, 0.15) is 37.1 Å². The Bertz CT molecular complexity index is 832. The average molecular weight is 387 g/mol. The third kappa shape index (κ3) is 3.65. The number of aromatic nitrogens is 1. The molecule has 0 N–H and O–H groups in total. The number of oxime groups is 1. The molecule has 0 spiro atoms. The molecule has 0 bridgehead atoms. The van der Waals surface area contributed by atoms with Gasteiger partial charge in [-0.2, -0.15) is 0 Å². The fraction of sp³-hybridized carbons (Fsp3) is 0.111. The second-order valence-corrected chi connectivity index (χ2v) is 5.74. The number of ether oxygens (including phenoxy) is 1. The Morgan fingerprint density at radius 3 is 2.67 bits per heavy atom. The highest BCUT2D eigenvalue weighted by molar-refractivity contribution is 9.10. The number of para-hydroxylation sites is 1. The van der Waals surface area contributed by atoms with Gasteiger partial charge in [0.15, 0.2) is 0 Å². The highest BCUT2D eigenvalue weighted by atomic mass is 79.9. The maximum atomic E-state index is 5.92. The number of benzene rings is 2. The number of rotatable bonds is 6. The van der Waals surface area contributed by atoms with E-state index in [-0.39, 0.29) is 0 Å². The van der Waals surface area contributed by atoms with Crippen molar-refractivity contribution in [2.45, 2.75) is 6.61 Å². The summed E-state index contributed by atoms with van der Waals surface area (Å²) in [5, 5.41) is 8.05. The SMILES string of the molecule is CO/N=C(\c1ccon1)c1ccccc1COc1ccccc1Br. The summed E-state index contributed by atoms with van der Waals surface area (Å²) in [6.45, 7) is 0.388. The van der Waals surface area contributed by atoms with Crippen LogP contribution in [-0.2, 0) is 11.4 Å². The van der Waals surface area contributed by atoms with Gasteiger partial charge in [0, 0.05) is 11.6 Å². The van der Waals surface area contributed by atoms with Crippen molar-refractivity contribution in [2.24, 2.45) is 5.16 Å². The van der Waals surface area contributed by atoms with Crippen molar-refractivity contribution in [1.29, 1.82) is 0 Å². The fourth-order valence-corrected chi connectivity index (χ4v) is 2.65. The maximum absolute atomic E-state index is 5.92. The van der Waals surface area contributed by atoms with E-state index in [0.717, 1.165) is 21.3 Å². The van der Waals surface area contributed by atoms with Gasteiger partial charge in [0.2, 0.25) is 0 Å². The summed E-state index contributed by atoms with van der Waals surface area (Å²) in [5.74, 6) is 0.777. The normalized spacial score (nSPS) is 11.3. The van der Waals surface area contributed by atoms with Crippen LogP contribution in [0.3, 0.4) is 0 Å². The molecule has 0 unspecified atom stereocenters. The molecule has 0 aliphatic heterocycles. The summed E-state index contributed by atoms with van der Waals surface area (Å²) >= 11 is 3.48. The van der Waals surface area contributed by atoms with Crippen LogP contribution in [0.15, 0.2) is 75.0 Å². The summed E-state index contributed by atoms with van der Waals surface area (Å²) in [7, 11) is 1.50. The minimum absolute atomic E-state index is 0.388. The lowest BCUT2D eigenvalue weighted by Gasteiger charge is -2.12. The zero-order chi connectivity index (χ0) is 16.8. The van der Waals surface area contributed by atoms with Gasteiger partial charge in [-0.05, 0) is 33.6 Å². The van der Waals surface area contributed by atoms with E-state index >= 15 is 0 Å². The molecule has 3 aromatic rings. The summed E-state index contributed by atoms with van der Waals surface area (Å²) in [6, 6.07) is 17.3. The smallest absolute Gasteiger partial charge is 0.139 e. The average Bonchev–Trinajstić information content (AvgIpc) is 3.14. The van der Waals surface area contributed by atoms with Crippen LogP contribution < -0.4 is 4.74 Å². The molecule has 6 heteroatoms. The van der Waals surface area contributed by atoms with Crippen molar-refractivity contribution in [2.75, 3.05) is 7.11 Å². The molecule has 2 aromatic carbocycles. The van der Waals surface area contributed by atoms with Crippen LogP contribution in [0.2, 0.25) is 0 Å². The standard InChI is InChI=1S/C18H15BrN2O3/c1-22-21-18(16-10-11-24-20-16)14-7-3-2-6-13(14)12-23-17-9-5-4-8-15(17)19/h2-11H,12H2,1H3/b21-18-. The van der Waals surface area contributed by atoms with Gasteiger partial charge in [-0.15, -0.1) is 0 Å². The molecule has 0 aliphatic carbocycles. The minimum atomic E-state index is 0.388. The number of hydrogen-bond acceptors (Lipinski definition) is 5. The zero-order valence-electron chi connectivity index (χ0n) is 13.0. The quantitative estimate of drug-likeness (QED) is 0.464. The molecule has 24 heavy (non-hydrogen) atoms. The first-order valence-electron chi connectivity index (χ1n) is 7.27. The molecular weight excluding hydrogens is 372 g/mol. The van der Waals surface area contributed by atoms with E-state index in [9.17, 15) is 0 Å². The second-order valence-electron chi connectivity index (χ2n) is 4.88. The molecule has 3 rings (SSSR count). The summed E-state index contributed by atoms with van der Waals surface area (Å²) < 4.78 is 11.8.